The zero-order valence-electron chi connectivity index (χ0n) is 10.6. The van der Waals surface area contributed by atoms with Crippen molar-refractivity contribution in [2.45, 2.75) is 26.2 Å². The van der Waals surface area contributed by atoms with Crippen LogP contribution in [0.15, 0.2) is 24.3 Å². The third-order valence-electron chi connectivity index (χ3n) is 2.55. The quantitative estimate of drug-likeness (QED) is 0.334. The topological polar surface area (TPSA) is 60.4 Å². The molecule has 0 radical (unpaired) electrons. The van der Waals surface area contributed by atoms with Gasteiger partial charge in [0.15, 0.2) is 5.78 Å². The SMILES string of the molecule is CCCc1ccc(C(=O)CC(=O)C(=O)OC)cc1. The second kappa shape index (κ2) is 6.69. The molecule has 18 heavy (non-hydrogen) atoms. The van der Waals surface area contributed by atoms with Gasteiger partial charge in [0.05, 0.1) is 13.5 Å². The maximum Gasteiger partial charge on any atom is 0.374 e. The van der Waals surface area contributed by atoms with Crippen LogP contribution >= 0.6 is 0 Å². The van der Waals surface area contributed by atoms with Gasteiger partial charge in [-0.1, -0.05) is 37.6 Å². The van der Waals surface area contributed by atoms with Crippen molar-refractivity contribution >= 4 is 17.5 Å². The van der Waals surface area contributed by atoms with Gasteiger partial charge in [-0.3, -0.25) is 9.59 Å². The zero-order chi connectivity index (χ0) is 13.5. The van der Waals surface area contributed by atoms with Crippen LogP contribution in [0.25, 0.3) is 0 Å². The fourth-order valence-electron chi connectivity index (χ4n) is 1.58. The molecule has 0 aliphatic rings. The largest absolute Gasteiger partial charge is 0.463 e. The highest BCUT2D eigenvalue weighted by Gasteiger charge is 2.19. The summed E-state index contributed by atoms with van der Waals surface area (Å²) >= 11 is 0. The van der Waals surface area contributed by atoms with Gasteiger partial charge in [0.2, 0.25) is 5.78 Å². The highest BCUT2D eigenvalue weighted by molar-refractivity contribution is 6.38. The number of hydrogen-bond donors (Lipinski definition) is 0. The molecule has 0 aliphatic carbocycles. The summed E-state index contributed by atoms with van der Waals surface area (Å²) in [5.41, 5.74) is 1.58. The smallest absolute Gasteiger partial charge is 0.374 e. The summed E-state index contributed by atoms with van der Waals surface area (Å²) in [4.78, 5) is 33.8. The summed E-state index contributed by atoms with van der Waals surface area (Å²) in [6.45, 7) is 2.08. The van der Waals surface area contributed by atoms with E-state index in [2.05, 4.69) is 11.7 Å². The van der Waals surface area contributed by atoms with Gasteiger partial charge in [-0.15, -0.1) is 0 Å². The first kappa shape index (κ1) is 14.1. The van der Waals surface area contributed by atoms with Gasteiger partial charge in [0, 0.05) is 5.56 Å². The number of carbonyl (C=O) groups is 3. The minimum absolute atomic E-state index is 0.367. The van der Waals surface area contributed by atoms with Crippen LogP contribution in [-0.2, 0) is 20.7 Å². The lowest BCUT2D eigenvalue weighted by Crippen LogP contribution is -2.19. The molecule has 0 heterocycles. The molecule has 0 aliphatic heterocycles. The van der Waals surface area contributed by atoms with Gasteiger partial charge < -0.3 is 4.74 Å². The predicted octanol–water partition coefficient (Wildman–Crippen LogP) is 1.95. The van der Waals surface area contributed by atoms with E-state index in [-0.39, 0.29) is 5.78 Å². The molecule has 4 nitrogen and oxygen atoms in total. The van der Waals surface area contributed by atoms with Crippen molar-refractivity contribution in [1.82, 2.24) is 0 Å². The summed E-state index contributed by atoms with van der Waals surface area (Å²) in [5, 5.41) is 0. The van der Waals surface area contributed by atoms with Crippen LogP contribution in [0.3, 0.4) is 0 Å². The lowest BCUT2D eigenvalue weighted by molar-refractivity contribution is -0.151. The number of benzene rings is 1. The lowest BCUT2D eigenvalue weighted by Gasteiger charge is -2.02. The van der Waals surface area contributed by atoms with E-state index < -0.39 is 18.2 Å². The lowest BCUT2D eigenvalue weighted by atomic mass is 10.0. The molecule has 0 aromatic heterocycles. The van der Waals surface area contributed by atoms with Crippen molar-refractivity contribution in [3.05, 3.63) is 35.4 Å². The highest BCUT2D eigenvalue weighted by atomic mass is 16.5. The van der Waals surface area contributed by atoms with Crippen molar-refractivity contribution in [1.29, 1.82) is 0 Å². The molecular weight excluding hydrogens is 232 g/mol. The Labute approximate surface area is 106 Å². The summed E-state index contributed by atoms with van der Waals surface area (Å²) in [5.74, 6) is -2.17. The number of ether oxygens (including phenoxy) is 1. The first-order chi connectivity index (χ1) is 8.58. The molecule has 0 unspecified atom stereocenters. The molecule has 1 rings (SSSR count). The number of ketones is 2. The van der Waals surface area contributed by atoms with Crippen LogP contribution in [0, 0.1) is 0 Å². The van der Waals surface area contributed by atoms with Gasteiger partial charge in [-0.2, -0.15) is 0 Å². The molecule has 0 spiro atoms. The monoisotopic (exact) mass is 248 g/mol. The predicted molar refractivity (Wildman–Crippen MR) is 66.4 cm³/mol. The van der Waals surface area contributed by atoms with Crippen LogP contribution in [0.4, 0.5) is 0 Å². The number of hydrogen-bond acceptors (Lipinski definition) is 4. The average Bonchev–Trinajstić information content (AvgIpc) is 2.38. The Kier molecular flexibility index (Phi) is 5.24. The highest BCUT2D eigenvalue weighted by Crippen LogP contribution is 2.09. The fraction of sp³-hybridized carbons (Fsp3) is 0.357. The maximum atomic E-state index is 11.7. The zero-order valence-corrected chi connectivity index (χ0v) is 10.6. The van der Waals surface area contributed by atoms with E-state index in [1.807, 2.05) is 12.1 Å². The fourth-order valence-corrected chi connectivity index (χ4v) is 1.58. The Balaban J connectivity index is 2.67. The van der Waals surface area contributed by atoms with Crippen LogP contribution in [0.1, 0.15) is 35.7 Å². The van der Waals surface area contributed by atoms with E-state index in [0.29, 0.717) is 5.56 Å². The third kappa shape index (κ3) is 3.80. The molecule has 0 amide bonds. The number of aryl methyl sites for hydroxylation is 1. The van der Waals surface area contributed by atoms with Crippen LogP contribution in [0.5, 0.6) is 0 Å². The van der Waals surface area contributed by atoms with Crippen molar-refractivity contribution in [3.63, 3.8) is 0 Å². The van der Waals surface area contributed by atoms with Crippen LogP contribution < -0.4 is 0 Å². The van der Waals surface area contributed by atoms with Crippen molar-refractivity contribution in [2.75, 3.05) is 7.11 Å². The number of rotatable bonds is 6. The summed E-state index contributed by atoms with van der Waals surface area (Å²) in [6, 6.07) is 7.08. The second-order valence-electron chi connectivity index (χ2n) is 3.96. The first-order valence-corrected chi connectivity index (χ1v) is 5.81. The molecule has 0 saturated carbocycles. The average molecular weight is 248 g/mol. The standard InChI is InChI=1S/C14H16O4/c1-3-4-10-5-7-11(8-6-10)12(15)9-13(16)14(17)18-2/h5-8H,3-4,9H2,1-2H3. The van der Waals surface area contributed by atoms with E-state index >= 15 is 0 Å². The Morgan fingerprint density at radius 2 is 1.72 bits per heavy atom. The van der Waals surface area contributed by atoms with E-state index in [9.17, 15) is 14.4 Å². The Morgan fingerprint density at radius 1 is 1.11 bits per heavy atom. The van der Waals surface area contributed by atoms with E-state index in [0.717, 1.165) is 25.5 Å². The van der Waals surface area contributed by atoms with Crippen molar-refractivity contribution < 1.29 is 19.1 Å². The Morgan fingerprint density at radius 3 is 2.22 bits per heavy atom. The van der Waals surface area contributed by atoms with Gasteiger partial charge in [-0.05, 0) is 12.0 Å². The second-order valence-corrected chi connectivity index (χ2v) is 3.96. The molecular formula is C14H16O4. The number of methoxy groups -OCH3 is 1. The molecule has 0 fully saturated rings. The molecule has 0 saturated heterocycles. The molecule has 4 heteroatoms. The minimum atomic E-state index is -0.981. The third-order valence-corrected chi connectivity index (χ3v) is 2.55. The van der Waals surface area contributed by atoms with Crippen LogP contribution in [0.2, 0.25) is 0 Å². The molecule has 0 bridgehead atoms. The number of carbonyl (C=O) groups excluding carboxylic acids is 3. The van der Waals surface area contributed by atoms with Gasteiger partial charge in [0.25, 0.3) is 0 Å². The van der Waals surface area contributed by atoms with E-state index in [4.69, 9.17) is 0 Å². The van der Waals surface area contributed by atoms with E-state index in [1.165, 1.54) is 0 Å². The van der Waals surface area contributed by atoms with Crippen molar-refractivity contribution in [2.24, 2.45) is 0 Å². The molecule has 1 aromatic rings. The first-order valence-electron chi connectivity index (χ1n) is 5.81. The Bertz CT molecular complexity index is 445. The summed E-state index contributed by atoms with van der Waals surface area (Å²) in [7, 11) is 1.12. The number of esters is 1. The van der Waals surface area contributed by atoms with Gasteiger partial charge in [0.1, 0.15) is 0 Å². The Hall–Kier alpha value is -1.97. The summed E-state index contributed by atoms with van der Waals surface area (Å²) < 4.78 is 4.26. The maximum absolute atomic E-state index is 11.7. The van der Waals surface area contributed by atoms with Crippen molar-refractivity contribution in [3.8, 4) is 0 Å². The summed E-state index contributed by atoms with van der Waals surface area (Å²) in [6.07, 6.45) is 1.55. The minimum Gasteiger partial charge on any atom is -0.463 e. The molecule has 0 N–H and O–H groups in total. The van der Waals surface area contributed by atoms with Gasteiger partial charge >= 0.3 is 5.97 Å². The molecule has 0 atom stereocenters. The molecule has 96 valence electrons. The van der Waals surface area contributed by atoms with Gasteiger partial charge in [-0.25, -0.2) is 4.79 Å². The van der Waals surface area contributed by atoms with E-state index in [1.54, 1.807) is 12.1 Å². The number of Topliss-reactive ketones (excluding diaryl/α,β-unsaturated/α-hetero) is 2. The molecule has 1 aromatic carbocycles. The van der Waals surface area contributed by atoms with Crippen LogP contribution in [-0.4, -0.2) is 24.6 Å². The normalized spacial score (nSPS) is 9.89.